The summed E-state index contributed by atoms with van der Waals surface area (Å²) >= 11 is 0. The fourth-order valence-electron chi connectivity index (χ4n) is 3.41. The van der Waals surface area contributed by atoms with Gasteiger partial charge in [0.1, 0.15) is 17.3 Å². The highest BCUT2D eigenvalue weighted by Crippen LogP contribution is 2.31. The number of hydrogen-bond acceptors (Lipinski definition) is 6. The lowest BCUT2D eigenvalue weighted by Crippen LogP contribution is -2.46. The number of rotatable bonds is 6. The van der Waals surface area contributed by atoms with Crippen molar-refractivity contribution in [2.24, 2.45) is 0 Å². The van der Waals surface area contributed by atoms with Gasteiger partial charge >= 0.3 is 0 Å². The Labute approximate surface area is 162 Å². The first-order valence-electron chi connectivity index (χ1n) is 8.98. The Bertz CT molecular complexity index is 895. The predicted octanol–water partition coefficient (Wildman–Crippen LogP) is 3.27. The Balaban J connectivity index is 1.71. The quantitative estimate of drug-likeness (QED) is 0.430. The van der Waals surface area contributed by atoms with Crippen molar-refractivity contribution in [3.63, 3.8) is 0 Å². The molecule has 1 saturated heterocycles. The van der Waals surface area contributed by atoms with E-state index in [1.54, 1.807) is 25.3 Å². The molecule has 0 aliphatic carbocycles. The molecule has 7 nitrogen and oxygen atoms in total. The molecule has 0 atom stereocenters. The standard InChI is InChI=1S/C20H22FN3O4/c1-14(25)15-3-5-18(19(12-15)24(26)27)23-9-7-22(8-10-23)13-16-11-17(21)4-6-20(16)28-2/h3-6,11-12H,7-10,13H2,1-2H3. The number of Topliss-reactive ketones (excluding diaryl/α,β-unsaturated/α-hetero) is 1. The number of carbonyl (C=O) groups is 1. The first-order chi connectivity index (χ1) is 13.4. The van der Waals surface area contributed by atoms with E-state index in [-0.39, 0.29) is 17.3 Å². The van der Waals surface area contributed by atoms with Crippen LogP contribution in [0, 0.1) is 15.9 Å². The van der Waals surface area contributed by atoms with Crippen molar-refractivity contribution in [3.8, 4) is 5.75 Å². The third kappa shape index (κ3) is 4.28. The van der Waals surface area contributed by atoms with E-state index in [0.29, 0.717) is 49.7 Å². The lowest BCUT2D eigenvalue weighted by Gasteiger charge is -2.36. The fourth-order valence-corrected chi connectivity index (χ4v) is 3.41. The van der Waals surface area contributed by atoms with Crippen LogP contribution in [0.1, 0.15) is 22.8 Å². The number of carbonyl (C=O) groups excluding carboxylic acids is 1. The van der Waals surface area contributed by atoms with E-state index in [9.17, 15) is 19.3 Å². The zero-order valence-corrected chi connectivity index (χ0v) is 15.9. The summed E-state index contributed by atoms with van der Waals surface area (Å²) in [6, 6.07) is 9.04. The Morgan fingerprint density at radius 2 is 1.89 bits per heavy atom. The van der Waals surface area contributed by atoms with Crippen molar-refractivity contribution in [2.45, 2.75) is 13.5 Å². The van der Waals surface area contributed by atoms with E-state index >= 15 is 0 Å². The van der Waals surface area contributed by atoms with Gasteiger partial charge in [-0.05, 0) is 37.3 Å². The van der Waals surface area contributed by atoms with Gasteiger partial charge in [0.15, 0.2) is 5.78 Å². The Hall–Kier alpha value is -3.00. The predicted molar refractivity (Wildman–Crippen MR) is 104 cm³/mol. The zero-order chi connectivity index (χ0) is 20.3. The van der Waals surface area contributed by atoms with Gasteiger partial charge in [0, 0.05) is 49.9 Å². The van der Waals surface area contributed by atoms with Crippen LogP contribution in [0.25, 0.3) is 0 Å². The smallest absolute Gasteiger partial charge is 0.293 e. The van der Waals surface area contributed by atoms with Crippen molar-refractivity contribution in [1.82, 2.24) is 4.90 Å². The molecule has 1 fully saturated rings. The molecule has 8 heteroatoms. The van der Waals surface area contributed by atoms with Gasteiger partial charge < -0.3 is 9.64 Å². The van der Waals surface area contributed by atoms with Crippen LogP contribution in [0.5, 0.6) is 5.75 Å². The topological polar surface area (TPSA) is 75.9 Å². The molecule has 0 saturated carbocycles. The molecule has 0 aromatic heterocycles. The average Bonchev–Trinajstić information content (AvgIpc) is 2.68. The monoisotopic (exact) mass is 387 g/mol. The normalized spacial score (nSPS) is 14.8. The van der Waals surface area contributed by atoms with E-state index in [2.05, 4.69) is 4.90 Å². The van der Waals surface area contributed by atoms with Crippen molar-refractivity contribution in [2.75, 3.05) is 38.2 Å². The van der Waals surface area contributed by atoms with Crippen molar-refractivity contribution < 1.29 is 18.8 Å². The number of nitrogens with zero attached hydrogens (tertiary/aromatic N) is 3. The molecule has 2 aromatic carbocycles. The van der Waals surface area contributed by atoms with Gasteiger partial charge in [-0.25, -0.2) is 4.39 Å². The van der Waals surface area contributed by atoms with Crippen LogP contribution in [-0.2, 0) is 6.54 Å². The molecule has 0 bridgehead atoms. The van der Waals surface area contributed by atoms with Crippen LogP contribution in [-0.4, -0.2) is 48.9 Å². The third-order valence-corrected chi connectivity index (χ3v) is 4.93. The number of piperazine rings is 1. The highest BCUT2D eigenvalue weighted by Gasteiger charge is 2.25. The molecular weight excluding hydrogens is 365 g/mol. The minimum Gasteiger partial charge on any atom is -0.496 e. The Kier molecular flexibility index (Phi) is 5.89. The second-order valence-electron chi connectivity index (χ2n) is 6.74. The molecule has 148 valence electrons. The molecule has 0 amide bonds. The van der Waals surface area contributed by atoms with Crippen LogP contribution < -0.4 is 9.64 Å². The van der Waals surface area contributed by atoms with E-state index in [0.717, 1.165) is 5.56 Å². The highest BCUT2D eigenvalue weighted by atomic mass is 19.1. The second kappa shape index (κ2) is 8.35. The molecular formula is C20H22FN3O4. The number of hydrogen-bond donors (Lipinski definition) is 0. The molecule has 0 radical (unpaired) electrons. The Morgan fingerprint density at radius 1 is 1.18 bits per heavy atom. The number of ketones is 1. The maximum absolute atomic E-state index is 13.6. The van der Waals surface area contributed by atoms with Crippen LogP contribution in [0.2, 0.25) is 0 Å². The summed E-state index contributed by atoms with van der Waals surface area (Å²) < 4.78 is 18.9. The van der Waals surface area contributed by atoms with Gasteiger partial charge in [-0.3, -0.25) is 19.8 Å². The van der Waals surface area contributed by atoms with Gasteiger partial charge in [0.2, 0.25) is 0 Å². The van der Waals surface area contributed by atoms with Gasteiger partial charge in [-0.1, -0.05) is 0 Å². The summed E-state index contributed by atoms with van der Waals surface area (Å²) in [6.07, 6.45) is 0. The van der Waals surface area contributed by atoms with Crippen molar-refractivity contribution in [3.05, 3.63) is 63.5 Å². The first-order valence-corrected chi connectivity index (χ1v) is 8.98. The molecule has 1 aliphatic heterocycles. The highest BCUT2D eigenvalue weighted by molar-refractivity contribution is 5.95. The third-order valence-electron chi connectivity index (χ3n) is 4.93. The van der Waals surface area contributed by atoms with Crippen molar-refractivity contribution in [1.29, 1.82) is 0 Å². The zero-order valence-electron chi connectivity index (χ0n) is 15.9. The number of nitro groups is 1. The van der Waals surface area contributed by atoms with Crippen LogP contribution in [0.15, 0.2) is 36.4 Å². The second-order valence-corrected chi connectivity index (χ2v) is 6.74. The molecule has 1 aliphatic rings. The average molecular weight is 387 g/mol. The van der Waals surface area contributed by atoms with Crippen LogP contribution >= 0.6 is 0 Å². The molecule has 2 aromatic rings. The summed E-state index contributed by atoms with van der Waals surface area (Å²) in [5.74, 6) is 0.124. The summed E-state index contributed by atoms with van der Waals surface area (Å²) in [4.78, 5) is 26.6. The van der Waals surface area contributed by atoms with Crippen LogP contribution in [0.3, 0.4) is 0 Å². The van der Waals surface area contributed by atoms with E-state index in [4.69, 9.17) is 4.74 Å². The maximum atomic E-state index is 13.6. The minimum absolute atomic E-state index is 0.0621. The molecule has 0 unspecified atom stereocenters. The maximum Gasteiger partial charge on any atom is 0.293 e. The van der Waals surface area contributed by atoms with Gasteiger partial charge in [-0.2, -0.15) is 0 Å². The van der Waals surface area contributed by atoms with E-state index in [1.165, 1.54) is 25.1 Å². The lowest BCUT2D eigenvalue weighted by atomic mass is 10.1. The summed E-state index contributed by atoms with van der Waals surface area (Å²) in [6.45, 7) is 4.46. The summed E-state index contributed by atoms with van der Waals surface area (Å²) in [5, 5.41) is 11.5. The summed E-state index contributed by atoms with van der Waals surface area (Å²) in [5.41, 5.74) is 1.55. The molecule has 0 N–H and O–H groups in total. The number of nitro benzene ring substituents is 1. The number of halogens is 1. The molecule has 3 rings (SSSR count). The largest absolute Gasteiger partial charge is 0.496 e. The van der Waals surface area contributed by atoms with Crippen LogP contribution in [0.4, 0.5) is 15.8 Å². The van der Waals surface area contributed by atoms with E-state index < -0.39 is 4.92 Å². The number of anilines is 1. The lowest BCUT2D eigenvalue weighted by molar-refractivity contribution is -0.384. The number of benzene rings is 2. The van der Waals surface area contributed by atoms with E-state index in [1.807, 2.05) is 4.90 Å². The number of methoxy groups -OCH3 is 1. The minimum atomic E-state index is -0.453. The van der Waals surface area contributed by atoms with Gasteiger partial charge in [-0.15, -0.1) is 0 Å². The SMILES string of the molecule is COc1ccc(F)cc1CN1CCN(c2ccc(C(C)=O)cc2[N+](=O)[O-])CC1. The molecule has 28 heavy (non-hydrogen) atoms. The van der Waals surface area contributed by atoms with Gasteiger partial charge in [0.05, 0.1) is 12.0 Å². The molecule has 1 heterocycles. The Morgan fingerprint density at radius 3 is 2.50 bits per heavy atom. The number of ether oxygens (including phenoxy) is 1. The summed E-state index contributed by atoms with van der Waals surface area (Å²) in [7, 11) is 1.55. The van der Waals surface area contributed by atoms with Gasteiger partial charge in [0.25, 0.3) is 5.69 Å². The fraction of sp³-hybridized carbons (Fsp3) is 0.350. The van der Waals surface area contributed by atoms with Crippen molar-refractivity contribution >= 4 is 17.2 Å². The molecule has 0 spiro atoms. The first kappa shape index (κ1) is 19.8.